The van der Waals surface area contributed by atoms with Crippen LogP contribution in [0.15, 0.2) is 22.7 Å². The summed E-state index contributed by atoms with van der Waals surface area (Å²) >= 11 is 3.43. The Balaban J connectivity index is 2.33. The van der Waals surface area contributed by atoms with E-state index in [1.165, 1.54) is 4.90 Å². The van der Waals surface area contributed by atoms with E-state index in [1.54, 1.807) is 0 Å². The molecule has 1 heterocycles. The van der Waals surface area contributed by atoms with Gasteiger partial charge in [0.1, 0.15) is 0 Å². The first-order valence-electron chi connectivity index (χ1n) is 5.99. The van der Waals surface area contributed by atoms with E-state index in [0.717, 1.165) is 10.0 Å². The Kier molecular flexibility index (Phi) is 4.21. The number of hydrogen-bond acceptors (Lipinski definition) is 3. The van der Waals surface area contributed by atoms with Gasteiger partial charge in [-0.15, -0.1) is 0 Å². The summed E-state index contributed by atoms with van der Waals surface area (Å²) < 4.78 is 0.798. The molecule has 1 saturated heterocycles. The van der Waals surface area contributed by atoms with E-state index in [-0.39, 0.29) is 19.0 Å². The lowest BCUT2D eigenvalue weighted by Crippen LogP contribution is -2.37. The van der Waals surface area contributed by atoms with Crippen molar-refractivity contribution in [3.05, 3.63) is 28.2 Å². The molecule has 1 atom stereocenters. The van der Waals surface area contributed by atoms with Gasteiger partial charge < -0.3 is 15.3 Å². The molecule has 2 N–H and O–H groups in total. The number of hydrogen-bond donors (Lipinski definition) is 2. The average molecular weight is 327 g/mol. The molecule has 0 saturated carbocycles. The fourth-order valence-electron chi connectivity index (χ4n) is 2.06. The van der Waals surface area contributed by atoms with Crippen LogP contribution in [-0.4, -0.2) is 36.6 Å². The Morgan fingerprint density at radius 1 is 1.53 bits per heavy atom. The van der Waals surface area contributed by atoms with Crippen molar-refractivity contribution in [3.63, 3.8) is 0 Å². The van der Waals surface area contributed by atoms with Gasteiger partial charge in [-0.3, -0.25) is 9.59 Å². The molecule has 1 aromatic rings. The van der Waals surface area contributed by atoms with Gasteiger partial charge >= 0.3 is 5.97 Å². The zero-order valence-corrected chi connectivity index (χ0v) is 12.1. The van der Waals surface area contributed by atoms with Gasteiger partial charge in [0.2, 0.25) is 5.91 Å². The summed E-state index contributed by atoms with van der Waals surface area (Å²) in [7, 11) is 0. The first-order chi connectivity index (χ1) is 8.99. The summed E-state index contributed by atoms with van der Waals surface area (Å²) in [6, 6.07) is 5.65. The summed E-state index contributed by atoms with van der Waals surface area (Å²) in [6.07, 6.45) is 0. The number of nitrogens with zero attached hydrogens (tertiary/aromatic N) is 1. The number of rotatable bonds is 2. The van der Waals surface area contributed by atoms with Crippen molar-refractivity contribution < 1.29 is 14.7 Å². The highest BCUT2D eigenvalue weighted by Gasteiger charge is 2.29. The molecule has 0 aromatic heterocycles. The minimum atomic E-state index is -0.893. The minimum Gasteiger partial charge on any atom is -0.481 e. The van der Waals surface area contributed by atoms with Crippen molar-refractivity contribution in [2.24, 2.45) is 5.92 Å². The molecule has 2 rings (SSSR count). The molecule has 6 heteroatoms. The molecule has 1 aliphatic rings. The van der Waals surface area contributed by atoms with E-state index in [9.17, 15) is 9.59 Å². The Hall–Kier alpha value is -1.40. The third-order valence-electron chi connectivity index (χ3n) is 3.11. The zero-order valence-electron chi connectivity index (χ0n) is 10.5. The predicted molar refractivity (Wildman–Crippen MR) is 75.2 cm³/mol. The SMILES string of the molecule is Cc1ccc(N2CC(C(=O)O)CNCC2=O)c(Br)c1. The van der Waals surface area contributed by atoms with Crippen LogP contribution < -0.4 is 10.2 Å². The summed E-state index contributed by atoms with van der Waals surface area (Å²) in [6.45, 7) is 2.61. The number of halogens is 1. The summed E-state index contributed by atoms with van der Waals surface area (Å²) in [4.78, 5) is 24.7. The van der Waals surface area contributed by atoms with Crippen molar-refractivity contribution in [3.8, 4) is 0 Å². The van der Waals surface area contributed by atoms with Crippen LogP contribution in [-0.2, 0) is 9.59 Å². The van der Waals surface area contributed by atoms with Crippen LogP contribution >= 0.6 is 15.9 Å². The molecule has 1 amide bonds. The third kappa shape index (κ3) is 3.13. The van der Waals surface area contributed by atoms with E-state index >= 15 is 0 Å². The van der Waals surface area contributed by atoms with E-state index in [2.05, 4.69) is 21.2 Å². The van der Waals surface area contributed by atoms with Gasteiger partial charge in [-0.25, -0.2) is 0 Å². The number of carbonyl (C=O) groups excluding carboxylic acids is 1. The lowest BCUT2D eigenvalue weighted by Gasteiger charge is -2.24. The van der Waals surface area contributed by atoms with Crippen LogP contribution in [0.1, 0.15) is 5.56 Å². The number of amides is 1. The van der Waals surface area contributed by atoms with Crippen molar-refractivity contribution in [1.82, 2.24) is 5.32 Å². The summed E-state index contributed by atoms with van der Waals surface area (Å²) in [5, 5.41) is 12.0. The second-order valence-electron chi connectivity index (χ2n) is 4.63. The van der Waals surface area contributed by atoms with Crippen LogP contribution in [0.5, 0.6) is 0 Å². The lowest BCUT2D eigenvalue weighted by molar-refractivity contribution is -0.141. The molecule has 0 radical (unpaired) electrons. The van der Waals surface area contributed by atoms with E-state index in [1.807, 2.05) is 25.1 Å². The topological polar surface area (TPSA) is 69.6 Å². The number of aliphatic carboxylic acids is 1. The smallest absolute Gasteiger partial charge is 0.309 e. The standard InChI is InChI=1S/C13H15BrN2O3/c1-8-2-3-11(10(14)4-8)16-7-9(13(18)19)5-15-6-12(16)17/h2-4,9,15H,5-7H2,1H3,(H,18,19). The van der Waals surface area contributed by atoms with Gasteiger partial charge in [-0.1, -0.05) is 6.07 Å². The molecule has 1 aromatic carbocycles. The Bertz CT molecular complexity index is 519. The summed E-state index contributed by atoms with van der Waals surface area (Å²) in [5.74, 6) is -1.61. The Labute approximate surface area is 119 Å². The molecule has 5 nitrogen and oxygen atoms in total. The molecule has 0 aliphatic carbocycles. The highest BCUT2D eigenvalue weighted by Crippen LogP contribution is 2.28. The maximum atomic E-state index is 12.1. The number of anilines is 1. The van der Waals surface area contributed by atoms with E-state index < -0.39 is 11.9 Å². The second-order valence-corrected chi connectivity index (χ2v) is 5.48. The van der Waals surface area contributed by atoms with Gasteiger partial charge in [0.15, 0.2) is 0 Å². The molecule has 102 valence electrons. The van der Waals surface area contributed by atoms with E-state index in [4.69, 9.17) is 5.11 Å². The molecule has 0 spiro atoms. The Morgan fingerprint density at radius 2 is 2.26 bits per heavy atom. The average Bonchev–Trinajstić information content (AvgIpc) is 2.52. The van der Waals surface area contributed by atoms with Gasteiger partial charge in [0.05, 0.1) is 18.2 Å². The van der Waals surface area contributed by atoms with Gasteiger partial charge in [0, 0.05) is 17.6 Å². The van der Waals surface area contributed by atoms with Crippen LogP contribution in [0.3, 0.4) is 0 Å². The molecule has 1 unspecified atom stereocenters. The molecule has 1 fully saturated rings. The van der Waals surface area contributed by atoms with Gasteiger partial charge in [-0.05, 0) is 40.5 Å². The van der Waals surface area contributed by atoms with Crippen molar-refractivity contribution in [2.75, 3.05) is 24.5 Å². The number of carboxylic acids is 1. The lowest BCUT2D eigenvalue weighted by atomic mass is 10.1. The highest BCUT2D eigenvalue weighted by atomic mass is 79.9. The van der Waals surface area contributed by atoms with Crippen molar-refractivity contribution >= 4 is 33.5 Å². The van der Waals surface area contributed by atoms with Gasteiger partial charge in [0.25, 0.3) is 0 Å². The second kappa shape index (κ2) is 5.71. The fourth-order valence-corrected chi connectivity index (χ4v) is 2.77. The monoisotopic (exact) mass is 326 g/mol. The maximum Gasteiger partial charge on any atom is 0.309 e. The number of nitrogens with one attached hydrogen (secondary N) is 1. The molecule has 0 bridgehead atoms. The van der Waals surface area contributed by atoms with Crippen LogP contribution in [0.25, 0.3) is 0 Å². The quantitative estimate of drug-likeness (QED) is 0.861. The first kappa shape index (κ1) is 14.0. The van der Waals surface area contributed by atoms with Crippen molar-refractivity contribution in [2.45, 2.75) is 6.92 Å². The third-order valence-corrected chi connectivity index (χ3v) is 3.75. The van der Waals surface area contributed by atoms with Crippen LogP contribution in [0, 0.1) is 12.8 Å². The molecule has 1 aliphatic heterocycles. The minimum absolute atomic E-state index is 0.117. The summed E-state index contributed by atoms with van der Waals surface area (Å²) in [5.41, 5.74) is 1.79. The molecular weight excluding hydrogens is 312 g/mol. The van der Waals surface area contributed by atoms with Crippen LogP contribution in [0.4, 0.5) is 5.69 Å². The first-order valence-corrected chi connectivity index (χ1v) is 6.78. The predicted octanol–water partition coefficient (Wildman–Crippen LogP) is 1.39. The number of carbonyl (C=O) groups is 2. The Morgan fingerprint density at radius 3 is 2.89 bits per heavy atom. The van der Waals surface area contributed by atoms with Crippen LogP contribution in [0.2, 0.25) is 0 Å². The number of benzene rings is 1. The molecule has 19 heavy (non-hydrogen) atoms. The van der Waals surface area contributed by atoms with Gasteiger partial charge in [-0.2, -0.15) is 0 Å². The zero-order chi connectivity index (χ0) is 14.0. The molecular formula is C13H15BrN2O3. The van der Waals surface area contributed by atoms with Crippen molar-refractivity contribution in [1.29, 1.82) is 0 Å². The fraction of sp³-hybridized carbons (Fsp3) is 0.385. The highest BCUT2D eigenvalue weighted by molar-refractivity contribution is 9.10. The maximum absolute atomic E-state index is 12.1. The normalized spacial score (nSPS) is 20.2. The largest absolute Gasteiger partial charge is 0.481 e. The van der Waals surface area contributed by atoms with E-state index in [0.29, 0.717) is 12.2 Å². The number of carboxylic acid groups (broad SMARTS) is 1. The number of aryl methyl sites for hydroxylation is 1.